The van der Waals surface area contributed by atoms with Crippen LogP contribution in [-0.2, 0) is 4.79 Å². The number of carbonyl (C=O) groups excluding carboxylic acids is 1. The van der Waals surface area contributed by atoms with Gasteiger partial charge in [0, 0.05) is 12.4 Å². The lowest BCUT2D eigenvalue weighted by molar-refractivity contribution is 0.553. The Kier molecular flexibility index (Phi) is 2.39. The van der Waals surface area contributed by atoms with Gasteiger partial charge in [-0.15, -0.1) is 0 Å². The van der Waals surface area contributed by atoms with Crippen LogP contribution in [0.3, 0.4) is 0 Å². The van der Waals surface area contributed by atoms with Gasteiger partial charge < -0.3 is 0 Å². The number of hydrogen-bond donors (Lipinski definition) is 1. The monoisotopic (exact) mass is 153 g/mol. The van der Waals surface area contributed by atoms with Crippen LogP contribution < -0.4 is 0 Å². The molecule has 0 aromatic carbocycles. The zero-order valence-corrected chi connectivity index (χ0v) is 5.95. The summed E-state index contributed by atoms with van der Waals surface area (Å²) in [4.78, 5) is 17.6. The van der Waals surface area contributed by atoms with Crippen molar-refractivity contribution in [1.82, 2.24) is 9.97 Å². The van der Waals surface area contributed by atoms with Crippen molar-refractivity contribution < 1.29 is 4.79 Å². The first-order valence-electron chi connectivity index (χ1n) is 2.67. The topological polar surface area (TPSA) is 42.9 Å². The molecule has 0 bridgehead atoms. The minimum absolute atomic E-state index is 0.390. The van der Waals surface area contributed by atoms with Gasteiger partial charge in [0.25, 0.3) is 0 Å². The Labute approximate surface area is 63.9 Å². The van der Waals surface area contributed by atoms with E-state index in [0.29, 0.717) is 5.82 Å². The highest BCUT2D eigenvalue weighted by Crippen LogP contribution is 2.09. The summed E-state index contributed by atoms with van der Waals surface area (Å²) < 4.78 is 0. The van der Waals surface area contributed by atoms with Crippen LogP contribution in [0.25, 0.3) is 0 Å². The van der Waals surface area contributed by atoms with E-state index >= 15 is 0 Å². The van der Waals surface area contributed by atoms with E-state index < -0.39 is 5.25 Å². The molecule has 0 aliphatic rings. The van der Waals surface area contributed by atoms with E-state index in [-0.39, 0.29) is 0 Å². The Hall–Kier alpha value is -0.900. The molecule has 3 nitrogen and oxygen atoms in total. The molecule has 51 valence electrons. The maximum absolute atomic E-state index is 10.0. The zero-order chi connectivity index (χ0) is 7.40. The Bertz CT molecular complexity index is 214. The summed E-state index contributed by atoms with van der Waals surface area (Å²) in [5, 5.41) is -0.624. The van der Waals surface area contributed by atoms with Crippen LogP contribution in [0.5, 0.6) is 0 Å². The highest BCUT2D eigenvalue weighted by molar-refractivity contribution is 7.81. The molecule has 1 heterocycles. The fourth-order valence-corrected chi connectivity index (χ4v) is 0.638. The van der Waals surface area contributed by atoms with Crippen LogP contribution in [0.2, 0.25) is 0 Å². The Morgan fingerprint density at radius 3 is 2.60 bits per heavy atom. The summed E-state index contributed by atoms with van der Waals surface area (Å²) in [7, 11) is 0. The van der Waals surface area contributed by atoms with Crippen molar-refractivity contribution in [3.8, 4) is 0 Å². The van der Waals surface area contributed by atoms with Crippen LogP contribution >= 0.6 is 12.6 Å². The van der Waals surface area contributed by atoms with Gasteiger partial charge in [0.15, 0.2) is 0 Å². The summed E-state index contributed by atoms with van der Waals surface area (Å²) >= 11 is 3.87. The van der Waals surface area contributed by atoms with Gasteiger partial charge in [0.05, 0.1) is 0 Å². The number of hydrogen-bond acceptors (Lipinski definition) is 4. The number of aromatic nitrogens is 2. The third-order valence-corrected chi connectivity index (χ3v) is 1.28. The first-order valence-corrected chi connectivity index (χ1v) is 3.19. The second-order valence-corrected chi connectivity index (χ2v) is 2.14. The lowest BCUT2D eigenvalue weighted by Gasteiger charge is -1.96. The third-order valence-electron chi connectivity index (χ3n) is 0.942. The molecule has 1 rings (SSSR count). The second kappa shape index (κ2) is 3.31. The Morgan fingerprint density at radius 1 is 1.50 bits per heavy atom. The molecular formula is C6H5N2OS. The van der Waals surface area contributed by atoms with Crippen LogP contribution in [-0.4, -0.2) is 16.3 Å². The summed E-state index contributed by atoms with van der Waals surface area (Å²) in [6, 6.07) is 1.68. The molecule has 0 aliphatic heterocycles. The maximum Gasteiger partial charge on any atom is 0.220 e. The molecule has 0 fully saturated rings. The molecule has 0 saturated carbocycles. The molecule has 1 aromatic heterocycles. The maximum atomic E-state index is 10.0. The number of rotatable bonds is 2. The molecule has 0 saturated heterocycles. The van der Waals surface area contributed by atoms with Crippen LogP contribution in [0.15, 0.2) is 18.5 Å². The van der Waals surface area contributed by atoms with E-state index in [4.69, 9.17) is 0 Å². The second-order valence-electron chi connectivity index (χ2n) is 1.63. The fraction of sp³-hybridized carbons (Fsp3) is 0.167. The zero-order valence-electron chi connectivity index (χ0n) is 5.06. The Balaban J connectivity index is 2.84. The van der Waals surface area contributed by atoms with Crippen molar-refractivity contribution in [3.05, 3.63) is 24.3 Å². The van der Waals surface area contributed by atoms with Crippen molar-refractivity contribution in [2.45, 2.75) is 5.25 Å². The van der Waals surface area contributed by atoms with Gasteiger partial charge in [0.2, 0.25) is 6.29 Å². The minimum atomic E-state index is -0.624. The van der Waals surface area contributed by atoms with E-state index in [0.717, 1.165) is 0 Å². The van der Waals surface area contributed by atoms with Gasteiger partial charge in [-0.2, -0.15) is 12.6 Å². The average Bonchev–Trinajstić information content (AvgIpc) is 2.05. The van der Waals surface area contributed by atoms with Gasteiger partial charge in [-0.1, -0.05) is 0 Å². The number of nitrogens with zero attached hydrogens (tertiary/aromatic N) is 2. The lowest BCUT2D eigenvalue weighted by atomic mass is 10.4. The molecule has 1 radical (unpaired) electrons. The van der Waals surface area contributed by atoms with Gasteiger partial charge in [-0.3, -0.25) is 4.79 Å². The van der Waals surface area contributed by atoms with Gasteiger partial charge in [-0.05, 0) is 6.07 Å². The average molecular weight is 153 g/mol. The van der Waals surface area contributed by atoms with E-state index in [2.05, 4.69) is 22.6 Å². The molecule has 0 spiro atoms. The van der Waals surface area contributed by atoms with Gasteiger partial charge in [-0.25, -0.2) is 9.97 Å². The van der Waals surface area contributed by atoms with Crippen molar-refractivity contribution in [2.24, 2.45) is 0 Å². The van der Waals surface area contributed by atoms with Gasteiger partial charge >= 0.3 is 0 Å². The minimum Gasteiger partial charge on any atom is -0.289 e. The molecule has 1 aromatic rings. The summed E-state index contributed by atoms with van der Waals surface area (Å²) in [6.45, 7) is 0. The SMILES string of the molecule is O=[C]C(S)c1ncccn1. The molecule has 0 aliphatic carbocycles. The Morgan fingerprint density at radius 2 is 2.10 bits per heavy atom. The molecular weight excluding hydrogens is 148 g/mol. The van der Waals surface area contributed by atoms with Crippen LogP contribution in [0, 0.1) is 0 Å². The molecule has 1 atom stereocenters. The first kappa shape index (κ1) is 7.21. The summed E-state index contributed by atoms with van der Waals surface area (Å²) in [5.41, 5.74) is 0. The fourth-order valence-electron chi connectivity index (χ4n) is 0.505. The summed E-state index contributed by atoms with van der Waals surface area (Å²) in [5.74, 6) is 0.390. The van der Waals surface area contributed by atoms with Crippen LogP contribution in [0.4, 0.5) is 0 Å². The first-order chi connectivity index (χ1) is 4.84. The van der Waals surface area contributed by atoms with E-state index in [1.54, 1.807) is 24.7 Å². The standard InChI is InChI=1S/C6H5N2OS/c9-4-5(10)6-7-2-1-3-8-6/h1-3,5,10H. The van der Waals surface area contributed by atoms with E-state index in [1.807, 2.05) is 0 Å². The van der Waals surface area contributed by atoms with E-state index in [9.17, 15) is 4.79 Å². The molecule has 1 unspecified atom stereocenters. The predicted octanol–water partition coefficient (Wildman–Crippen LogP) is 0.557. The van der Waals surface area contributed by atoms with Crippen molar-refractivity contribution in [1.29, 1.82) is 0 Å². The molecule has 10 heavy (non-hydrogen) atoms. The molecule has 4 heteroatoms. The third kappa shape index (κ3) is 1.54. The van der Waals surface area contributed by atoms with E-state index in [1.165, 1.54) is 0 Å². The molecule has 0 N–H and O–H groups in total. The van der Waals surface area contributed by atoms with Crippen molar-refractivity contribution in [2.75, 3.05) is 0 Å². The highest BCUT2D eigenvalue weighted by Gasteiger charge is 2.06. The molecule has 0 amide bonds. The highest BCUT2D eigenvalue weighted by atomic mass is 32.1. The van der Waals surface area contributed by atoms with Gasteiger partial charge in [0.1, 0.15) is 11.1 Å². The van der Waals surface area contributed by atoms with Crippen molar-refractivity contribution >= 4 is 18.9 Å². The number of thiol groups is 1. The van der Waals surface area contributed by atoms with Crippen LogP contribution in [0.1, 0.15) is 11.1 Å². The normalized spacial score (nSPS) is 12.5. The summed E-state index contributed by atoms with van der Waals surface area (Å²) in [6.07, 6.45) is 4.79. The van der Waals surface area contributed by atoms with Crippen molar-refractivity contribution in [3.63, 3.8) is 0 Å². The largest absolute Gasteiger partial charge is 0.289 e. The lowest BCUT2D eigenvalue weighted by Crippen LogP contribution is -1.97. The smallest absolute Gasteiger partial charge is 0.220 e. The predicted molar refractivity (Wildman–Crippen MR) is 39.5 cm³/mol. The quantitative estimate of drug-likeness (QED) is 0.631.